The summed E-state index contributed by atoms with van der Waals surface area (Å²) >= 11 is 12.4. The van der Waals surface area contributed by atoms with Crippen molar-refractivity contribution in [2.24, 2.45) is 10.2 Å². The van der Waals surface area contributed by atoms with Gasteiger partial charge in [-0.2, -0.15) is 13.5 Å². The number of benzene rings is 4. The zero-order chi connectivity index (χ0) is 28.3. The van der Waals surface area contributed by atoms with Crippen LogP contribution >= 0.6 is 23.2 Å². The van der Waals surface area contributed by atoms with Crippen LogP contribution in [0.3, 0.4) is 0 Å². The summed E-state index contributed by atoms with van der Waals surface area (Å²) in [5.41, 5.74) is 0.347. The number of hydrogen-bond acceptors (Lipinski definition) is 7. The normalized spacial score (nSPS) is 11.4. The third kappa shape index (κ3) is 6.77. The van der Waals surface area contributed by atoms with Gasteiger partial charge in [-0.25, -0.2) is 0 Å². The van der Waals surface area contributed by atoms with Crippen LogP contribution in [0.25, 0.3) is 10.8 Å². The van der Waals surface area contributed by atoms with Crippen LogP contribution in [-0.4, -0.2) is 25.5 Å². The smallest absolute Gasteiger partial charge is 0.870 e. The summed E-state index contributed by atoms with van der Waals surface area (Å²) in [5.74, 6) is -1.11. The molecule has 202 valence electrons. The summed E-state index contributed by atoms with van der Waals surface area (Å²) < 4.78 is 38.5. The van der Waals surface area contributed by atoms with Gasteiger partial charge in [0.15, 0.2) is 5.75 Å². The third-order valence-corrected chi connectivity index (χ3v) is 7.31. The number of nitrogens with zero attached hydrogens (tertiary/aromatic N) is 2. The maximum absolute atomic E-state index is 13.5. The Balaban J connectivity index is 0.00000441. The van der Waals surface area contributed by atoms with Gasteiger partial charge in [-0.3, -0.25) is 9.35 Å². The number of halogens is 2. The van der Waals surface area contributed by atoms with Crippen LogP contribution in [0.4, 0.5) is 17.1 Å². The van der Waals surface area contributed by atoms with Crippen molar-refractivity contribution in [1.29, 1.82) is 0 Å². The molecular formula is C27H22Cl2N3NaO6S. The van der Waals surface area contributed by atoms with Crippen molar-refractivity contribution < 1.29 is 57.2 Å². The van der Waals surface area contributed by atoms with E-state index in [1.54, 1.807) is 56.3 Å². The van der Waals surface area contributed by atoms with E-state index in [4.69, 9.17) is 27.9 Å². The van der Waals surface area contributed by atoms with Crippen molar-refractivity contribution in [2.45, 2.75) is 25.2 Å². The molecule has 0 aliphatic heterocycles. The van der Waals surface area contributed by atoms with Gasteiger partial charge in [0.2, 0.25) is 0 Å². The molecule has 4 aromatic carbocycles. The molecule has 0 bridgehead atoms. The fraction of sp³-hybridized carbons (Fsp3) is 0.148. The summed E-state index contributed by atoms with van der Waals surface area (Å²) in [6.45, 7) is 3.78. The molecule has 0 aliphatic carbocycles. The second-order valence-corrected chi connectivity index (χ2v) is 10.5. The predicted molar refractivity (Wildman–Crippen MR) is 149 cm³/mol. The van der Waals surface area contributed by atoms with E-state index in [0.29, 0.717) is 28.1 Å². The molecule has 0 spiro atoms. The molecule has 2 N–H and O–H groups in total. The van der Waals surface area contributed by atoms with Gasteiger partial charge in [0.25, 0.3) is 16.0 Å². The second-order valence-electron chi connectivity index (χ2n) is 8.27. The molecule has 0 atom stereocenters. The molecule has 40 heavy (non-hydrogen) atoms. The Morgan fingerprint density at radius 1 is 1.02 bits per heavy atom. The minimum atomic E-state index is -4.51. The van der Waals surface area contributed by atoms with Crippen LogP contribution < -0.4 is 44.7 Å². The average molecular weight is 610 g/mol. The van der Waals surface area contributed by atoms with Gasteiger partial charge in [-0.05, 0) is 54.6 Å². The number of fused-ring (bicyclic) bond motifs is 1. The summed E-state index contributed by atoms with van der Waals surface area (Å²) in [4.78, 5) is 12.9. The van der Waals surface area contributed by atoms with Crippen molar-refractivity contribution in [2.75, 3.05) is 11.9 Å². The Morgan fingerprint density at radius 3 is 2.42 bits per heavy atom. The quantitative estimate of drug-likeness (QED) is 0.175. The van der Waals surface area contributed by atoms with E-state index < -0.39 is 21.8 Å². The van der Waals surface area contributed by atoms with Crippen LogP contribution in [0.15, 0.2) is 75.8 Å². The molecule has 0 radical (unpaired) electrons. The Morgan fingerprint density at radius 2 is 1.75 bits per heavy atom. The first-order valence-electron chi connectivity index (χ1n) is 11.7. The van der Waals surface area contributed by atoms with E-state index in [9.17, 15) is 22.9 Å². The Kier molecular flexibility index (Phi) is 10.6. The van der Waals surface area contributed by atoms with Gasteiger partial charge in [0.05, 0.1) is 32.9 Å². The number of anilines is 1. The number of amides is 1. The minimum Gasteiger partial charge on any atom is -0.870 e. The molecule has 0 aliphatic rings. The molecule has 13 heteroatoms. The molecule has 4 aromatic rings. The molecule has 9 nitrogen and oxygen atoms in total. The number of azo groups is 1. The molecule has 4 rings (SSSR count). The maximum Gasteiger partial charge on any atom is 1.00 e. The van der Waals surface area contributed by atoms with E-state index in [1.165, 1.54) is 12.1 Å². The average Bonchev–Trinajstić information content (AvgIpc) is 2.89. The molecule has 0 aromatic heterocycles. The molecule has 0 heterocycles. The zero-order valence-corrected chi connectivity index (χ0v) is 26.1. The van der Waals surface area contributed by atoms with Crippen molar-refractivity contribution in [3.05, 3.63) is 81.8 Å². The van der Waals surface area contributed by atoms with E-state index in [2.05, 4.69) is 15.5 Å². The predicted octanol–water partition coefficient (Wildman–Crippen LogP) is 4.10. The maximum atomic E-state index is 13.5. The zero-order valence-electron chi connectivity index (χ0n) is 21.7. The third-order valence-electron chi connectivity index (χ3n) is 5.77. The summed E-state index contributed by atoms with van der Waals surface area (Å²) in [7, 11) is -4.51. The van der Waals surface area contributed by atoms with Gasteiger partial charge >= 0.3 is 29.6 Å². The Labute approximate surface area is 263 Å². The van der Waals surface area contributed by atoms with Crippen LogP contribution in [0.2, 0.25) is 10.0 Å². The Bertz CT molecular complexity index is 1730. The fourth-order valence-electron chi connectivity index (χ4n) is 3.95. The van der Waals surface area contributed by atoms with Crippen LogP contribution in [-0.2, 0) is 16.5 Å². The number of aryl methyl sites for hydroxylation is 1. The molecule has 0 unspecified atom stereocenters. The van der Waals surface area contributed by atoms with Gasteiger partial charge in [-0.1, -0.05) is 66.2 Å². The first-order chi connectivity index (χ1) is 18.5. The number of ether oxygens (including phenoxy) is 1. The molecule has 0 fully saturated rings. The van der Waals surface area contributed by atoms with Gasteiger partial charge in [0.1, 0.15) is 5.69 Å². The number of carbonyl (C=O) groups is 1. The summed E-state index contributed by atoms with van der Waals surface area (Å²) in [6, 6.07) is 15.6. The summed E-state index contributed by atoms with van der Waals surface area (Å²) in [5, 5.41) is 25.6. The second kappa shape index (κ2) is 13.3. The van der Waals surface area contributed by atoms with Gasteiger partial charge in [-0.15, -0.1) is 5.11 Å². The first kappa shape index (κ1) is 31.8. The van der Waals surface area contributed by atoms with Gasteiger partial charge < -0.3 is 15.2 Å². The fourth-order valence-corrected chi connectivity index (χ4v) is 5.25. The minimum absolute atomic E-state index is 0. The van der Waals surface area contributed by atoms with E-state index >= 15 is 0 Å². The number of rotatable bonds is 8. The first-order valence-corrected chi connectivity index (χ1v) is 13.9. The molecule has 0 saturated carbocycles. The van der Waals surface area contributed by atoms with E-state index in [1.807, 2.05) is 0 Å². The van der Waals surface area contributed by atoms with Crippen LogP contribution in [0, 0.1) is 0 Å². The van der Waals surface area contributed by atoms with E-state index in [-0.39, 0.29) is 74.1 Å². The summed E-state index contributed by atoms with van der Waals surface area (Å²) in [6.07, 6.45) is 0.257. The number of para-hydroxylation sites is 1. The topological polar surface area (TPSA) is 140 Å². The largest absolute Gasteiger partial charge is 1.00 e. The monoisotopic (exact) mass is 609 g/mol. The number of carbonyl (C=O) groups excluding carboxylic acids is 1. The van der Waals surface area contributed by atoms with Crippen LogP contribution in [0.5, 0.6) is 11.5 Å². The SMILES string of the molecule is CCOc1c(Cl)cccc1NC(=O)c1cc2ccccc2c(N=Nc2cc(CC)c(S(=O)(=O)O)cc2Cl)c1[O-].[Na+]. The van der Waals surface area contributed by atoms with E-state index in [0.717, 1.165) is 6.07 Å². The van der Waals surface area contributed by atoms with Gasteiger partial charge in [0, 0.05) is 10.9 Å². The standard InChI is InChI=1S/C27H23Cl2N3O6S.Na/c1-3-15-13-22(20(29)14-23(15)39(35,36)37)31-32-24-17-9-6-5-8-16(17)12-18(25(24)33)27(34)30-21-11-7-10-19(28)26(21)38-4-2;/h5-14,33H,3-4H2,1-2H3,(H,30,34)(H,35,36,37);/q;+1/p-1. The Hall–Kier alpha value is -2.70. The van der Waals surface area contributed by atoms with Crippen molar-refractivity contribution in [1.82, 2.24) is 0 Å². The van der Waals surface area contributed by atoms with Crippen molar-refractivity contribution >= 4 is 67.1 Å². The van der Waals surface area contributed by atoms with Crippen molar-refractivity contribution in [3.8, 4) is 11.5 Å². The number of nitrogens with one attached hydrogen (secondary N) is 1. The van der Waals surface area contributed by atoms with Crippen molar-refractivity contribution in [3.63, 3.8) is 0 Å². The molecule has 0 saturated heterocycles. The van der Waals surface area contributed by atoms with Crippen LogP contribution in [0.1, 0.15) is 29.8 Å². The number of hydrogen-bond donors (Lipinski definition) is 2. The molecular weight excluding hydrogens is 588 g/mol. The molecule has 1 amide bonds.